The molecule has 1 aromatic heterocycles. The summed E-state index contributed by atoms with van der Waals surface area (Å²) in [6.45, 7) is -0.563. The van der Waals surface area contributed by atoms with Crippen molar-refractivity contribution < 1.29 is 28.2 Å². The van der Waals surface area contributed by atoms with E-state index < -0.39 is 12.6 Å². The zero-order chi connectivity index (χ0) is 20.8. The number of aromatic nitrogens is 2. The SMILES string of the molecule is CCOc1cc(N(Cc2cnns2)c2ccc(C(=O)O)cc2)ccc1OC(F)F. The maximum Gasteiger partial charge on any atom is 0.387 e. The Labute approximate surface area is 169 Å². The number of carboxylic acids is 1. The third-order valence-electron chi connectivity index (χ3n) is 3.90. The highest BCUT2D eigenvalue weighted by Crippen LogP contribution is 2.36. The Morgan fingerprint density at radius 2 is 1.90 bits per heavy atom. The van der Waals surface area contributed by atoms with Crippen LogP contribution in [0, 0.1) is 0 Å². The van der Waals surface area contributed by atoms with E-state index in [2.05, 4.69) is 14.3 Å². The van der Waals surface area contributed by atoms with Gasteiger partial charge in [-0.2, -0.15) is 8.78 Å². The Morgan fingerprint density at radius 3 is 2.48 bits per heavy atom. The molecule has 0 radical (unpaired) electrons. The average molecular weight is 421 g/mol. The maximum atomic E-state index is 12.7. The summed E-state index contributed by atoms with van der Waals surface area (Å²) < 4.78 is 39.2. The second-order valence-corrected chi connectivity index (χ2v) is 6.63. The molecule has 152 valence electrons. The third-order valence-corrected chi connectivity index (χ3v) is 4.55. The monoisotopic (exact) mass is 421 g/mol. The number of hydrogen-bond donors (Lipinski definition) is 1. The molecular weight excluding hydrogens is 404 g/mol. The van der Waals surface area contributed by atoms with Crippen molar-refractivity contribution in [3.05, 3.63) is 59.1 Å². The molecule has 1 N–H and O–H groups in total. The van der Waals surface area contributed by atoms with Crippen molar-refractivity contribution in [3.63, 3.8) is 0 Å². The molecule has 0 aliphatic heterocycles. The first-order chi connectivity index (χ1) is 14.0. The fraction of sp³-hybridized carbons (Fsp3) is 0.211. The molecule has 0 saturated heterocycles. The van der Waals surface area contributed by atoms with Gasteiger partial charge in [0, 0.05) is 17.4 Å². The Kier molecular flexibility index (Phi) is 6.55. The summed E-state index contributed by atoms with van der Waals surface area (Å²) >= 11 is 1.22. The summed E-state index contributed by atoms with van der Waals surface area (Å²) in [6.07, 6.45) is 1.63. The summed E-state index contributed by atoms with van der Waals surface area (Å²) in [6, 6.07) is 11.0. The van der Waals surface area contributed by atoms with Crippen molar-refractivity contribution >= 4 is 28.9 Å². The minimum atomic E-state index is -2.97. The number of halogens is 2. The number of anilines is 2. The predicted molar refractivity (Wildman–Crippen MR) is 103 cm³/mol. The second kappa shape index (κ2) is 9.28. The number of ether oxygens (including phenoxy) is 2. The van der Waals surface area contributed by atoms with Crippen molar-refractivity contribution in [2.75, 3.05) is 11.5 Å². The third kappa shape index (κ3) is 5.17. The van der Waals surface area contributed by atoms with Crippen molar-refractivity contribution in [2.45, 2.75) is 20.1 Å². The van der Waals surface area contributed by atoms with Crippen LogP contribution in [-0.4, -0.2) is 33.9 Å². The zero-order valence-corrected chi connectivity index (χ0v) is 16.1. The largest absolute Gasteiger partial charge is 0.490 e. The number of alkyl halides is 2. The van der Waals surface area contributed by atoms with E-state index in [9.17, 15) is 13.6 Å². The molecular formula is C19H17F2N3O4S. The number of aromatic carboxylic acids is 1. The van der Waals surface area contributed by atoms with Gasteiger partial charge in [-0.05, 0) is 54.9 Å². The van der Waals surface area contributed by atoms with E-state index in [1.54, 1.807) is 37.4 Å². The van der Waals surface area contributed by atoms with Gasteiger partial charge in [-0.3, -0.25) is 0 Å². The maximum absolute atomic E-state index is 12.7. The minimum absolute atomic E-state index is 0.0637. The van der Waals surface area contributed by atoms with Crippen molar-refractivity contribution in [1.29, 1.82) is 0 Å². The Bertz CT molecular complexity index is 953. The normalized spacial score (nSPS) is 10.8. The molecule has 0 amide bonds. The van der Waals surface area contributed by atoms with Gasteiger partial charge >= 0.3 is 12.6 Å². The lowest BCUT2D eigenvalue weighted by Crippen LogP contribution is -2.16. The number of carbonyl (C=O) groups is 1. The summed E-state index contributed by atoms with van der Waals surface area (Å²) in [5.41, 5.74) is 1.50. The van der Waals surface area contributed by atoms with E-state index in [4.69, 9.17) is 9.84 Å². The highest BCUT2D eigenvalue weighted by atomic mass is 32.1. The van der Waals surface area contributed by atoms with Gasteiger partial charge in [0.2, 0.25) is 0 Å². The number of rotatable bonds is 9. The van der Waals surface area contributed by atoms with Gasteiger partial charge in [0.15, 0.2) is 11.5 Å². The number of benzene rings is 2. The molecule has 0 atom stereocenters. The first-order valence-electron chi connectivity index (χ1n) is 8.56. The molecule has 0 bridgehead atoms. The molecule has 0 saturated carbocycles. The topological polar surface area (TPSA) is 84.8 Å². The lowest BCUT2D eigenvalue weighted by atomic mass is 10.1. The van der Waals surface area contributed by atoms with Crippen LogP contribution >= 0.6 is 11.5 Å². The molecule has 3 rings (SSSR count). The van der Waals surface area contributed by atoms with E-state index in [1.807, 2.05) is 4.90 Å². The van der Waals surface area contributed by atoms with Crippen LogP contribution in [0.5, 0.6) is 11.5 Å². The molecule has 0 fully saturated rings. The highest BCUT2D eigenvalue weighted by molar-refractivity contribution is 7.05. The van der Waals surface area contributed by atoms with Crippen LogP contribution in [-0.2, 0) is 6.54 Å². The molecule has 0 spiro atoms. The molecule has 0 aliphatic rings. The van der Waals surface area contributed by atoms with Gasteiger partial charge in [0.05, 0.1) is 29.8 Å². The number of carboxylic acid groups (broad SMARTS) is 1. The number of nitrogens with zero attached hydrogens (tertiary/aromatic N) is 3. The molecule has 7 nitrogen and oxygen atoms in total. The standard InChI is InChI=1S/C19H17F2N3O4S/c1-2-27-17-9-14(7-8-16(17)28-19(20)21)24(11-15-10-22-23-29-15)13-5-3-12(4-6-13)18(25)26/h3-10,19H,2,11H2,1H3,(H,25,26). The van der Waals surface area contributed by atoms with E-state index in [0.717, 1.165) is 4.88 Å². The highest BCUT2D eigenvalue weighted by Gasteiger charge is 2.17. The van der Waals surface area contributed by atoms with Crippen LogP contribution in [0.25, 0.3) is 0 Å². The van der Waals surface area contributed by atoms with Crippen LogP contribution in [0.15, 0.2) is 48.7 Å². The van der Waals surface area contributed by atoms with Gasteiger partial charge in [-0.15, -0.1) is 5.10 Å². The summed E-state index contributed by atoms with van der Waals surface area (Å²) in [5, 5.41) is 12.9. The summed E-state index contributed by atoms with van der Waals surface area (Å²) in [4.78, 5) is 13.9. The van der Waals surface area contributed by atoms with Crippen LogP contribution in [0.4, 0.5) is 20.2 Å². The molecule has 10 heteroatoms. The average Bonchev–Trinajstić information content (AvgIpc) is 3.21. The van der Waals surface area contributed by atoms with E-state index in [1.165, 1.54) is 29.7 Å². The zero-order valence-electron chi connectivity index (χ0n) is 15.3. The van der Waals surface area contributed by atoms with E-state index in [-0.39, 0.29) is 23.7 Å². The van der Waals surface area contributed by atoms with Crippen LogP contribution < -0.4 is 14.4 Å². The van der Waals surface area contributed by atoms with Crippen molar-refractivity contribution in [3.8, 4) is 11.5 Å². The van der Waals surface area contributed by atoms with Gasteiger partial charge in [0.25, 0.3) is 0 Å². The lowest BCUT2D eigenvalue weighted by Gasteiger charge is -2.25. The lowest BCUT2D eigenvalue weighted by molar-refractivity contribution is -0.0514. The Morgan fingerprint density at radius 1 is 1.17 bits per heavy atom. The van der Waals surface area contributed by atoms with Gasteiger partial charge in [-0.25, -0.2) is 4.79 Å². The fourth-order valence-electron chi connectivity index (χ4n) is 2.65. The molecule has 3 aromatic rings. The quantitative estimate of drug-likeness (QED) is 0.541. The Hall–Kier alpha value is -3.27. The number of hydrogen-bond acceptors (Lipinski definition) is 7. The summed E-state index contributed by atoms with van der Waals surface area (Å²) in [5.74, 6) is -0.909. The minimum Gasteiger partial charge on any atom is -0.490 e. The van der Waals surface area contributed by atoms with E-state index >= 15 is 0 Å². The fourth-order valence-corrected chi connectivity index (χ4v) is 3.14. The van der Waals surface area contributed by atoms with Gasteiger partial charge in [-0.1, -0.05) is 4.49 Å². The first kappa shape index (κ1) is 20.5. The smallest absolute Gasteiger partial charge is 0.387 e. The van der Waals surface area contributed by atoms with E-state index in [0.29, 0.717) is 17.9 Å². The molecule has 0 unspecified atom stereocenters. The predicted octanol–water partition coefficient (Wildman–Crippen LogP) is 4.57. The second-order valence-electron chi connectivity index (χ2n) is 5.76. The first-order valence-corrected chi connectivity index (χ1v) is 9.34. The van der Waals surface area contributed by atoms with Crippen molar-refractivity contribution in [1.82, 2.24) is 9.59 Å². The molecule has 29 heavy (non-hydrogen) atoms. The molecule has 2 aromatic carbocycles. The molecule has 1 heterocycles. The van der Waals surface area contributed by atoms with Gasteiger partial charge in [0.1, 0.15) is 0 Å². The summed E-state index contributed by atoms with van der Waals surface area (Å²) in [7, 11) is 0. The molecule has 0 aliphatic carbocycles. The van der Waals surface area contributed by atoms with Crippen LogP contribution in [0.1, 0.15) is 22.2 Å². The van der Waals surface area contributed by atoms with Crippen LogP contribution in [0.3, 0.4) is 0 Å². The van der Waals surface area contributed by atoms with Crippen LogP contribution in [0.2, 0.25) is 0 Å². The Balaban J connectivity index is 2.00. The van der Waals surface area contributed by atoms with Crippen molar-refractivity contribution in [2.24, 2.45) is 0 Å². The van der Waals surface area contributed by atoms with Gasteiger partial charge < -0.3 is 19.5 Å².